The van der Waals surface area contributed by atoms with Gasteiger partial charge in [0.1, 0.15) is 5.69 Å². The van der Waals surface area contributed by atoms with Gasteiger partial charge in [0.25, 0.3) is 11.4 Å². The molecule has 0 spiro atoms. The van der Waals surface area contributed by atoms with E-state index in [1.165, 1.54) is 0 Å². The van der Waals surface area contributed by atoms with Gasteiger partial charge in [-0.3, -0.25) is 20.2 Å². The van der Waals surface area contributed by atoms with Gasteiger partial charge in [-0.1, -0.05) is 0 Å². The van der Waals surface area contributed by atoms with Gasteiger partial charge in [-0.05, 0) is 15.9 Å². The van der Waals surface area contributed by atoms with E-state index >= 15 is 0 Å². The average molecular weight is 290 g/mol. The zero-order valence-corrected chi connectivity index (χ0v) is 9.12. The molecule has 0 aromatic heterocycles. The van der Waals surface area contributed by atoms with E-state index in [0.29, 0.717) is 0 Å². The third kappa shape index (κ3) is 2.85. The van der Waals surface area contributed by atoms with E-state index in [0.717, 1.165) is 12.1 Å². The van der Waals surface area contributed by atoms with Crippen LogP contribution in [0.5, 0.6) is 0 Å². The van der Waals surface area contributed by atoms with E-state index in [9.17, 15) is 20.2 Å². The summed E-state index contributed by atoms with van der Waals surface area (Å²) in [6.45, 7) is 0. The minimum atomic E-state index is -0.771. The number of nitro benzene ring substituents is 2. The van der Waals surface area contributed by atoms with Gasteiger partial charge in [0.2, 0.25) is 0 Å². The molecule has 0 fully saturated rings. The first-order chi connectivity index (χ1) is 7.43. The second-order valence-electron chi connectivity index (χ2n) is 2.37. The maximum absolute atomic E-state index is 10.4. The van der Waals surface area contributed by atoms with E-state index in [1.807, 2.05) is 0 Å². The molecule has 16 heavy (non-hydrogen) atoms. The van der Waals surface area contributed by atoms with E-state index < -0.39 is 15.5 Å². The zero-order valence-electron chi connectivity index (χ0n) is 7.53. The zero-order chi connectivity index (χ0) is 12.9. The molecule has 0 radical (unpaired) electrons. The molecular weight excluding hydrogens is 286 g/mol. The standard InChI is InChI=1S/C6H4BrN3O4.N2/c7-4-1-3(9(11)12)2-5(6(4)8)10(13)14;1-2/h1-2H,8H2;. The Morgan fingerprint density at radius 2 is 1.69 bits per heavy atom. The van der Waals surface area contributed by atoms with Crippen molar-refractivity contribution < 1.29 is 9.85 Å². The highest BCUT2D eigenvalue weighted by Gasteiger charge is 2.20. The van der Waals surface area contributed by atoms with Gasteiger partial charge in [-0.2, -0.15) is 0 Å². The molecule has 0 saturated heterocycles. The van der Waals surface area contributed by atoms with Crippen LogP contribution in [0.4, 0.5) is 17.1 Å². The van der Waals surface area contributed by atoms with Crippen molar-refractivity contribution in [2.24, 2.45) is 0 Å². The number of hydrogen-bond acceptors (Lipinski definition) is 7. The largest absolute Gasteiger partial charge is 0.392 e. The molecule has 0 amide bonds. The Hall–Kier alpha value is -2.28. The maximum Gasteiger partial charge on any atom is 0.300 e. The number of halogens is 1. The number of anilines is 1. The monoisotopic (exact) mass is 289 g/mol. The van der Waals surface area contributed by atoms with Crippen LogP contribution in [0, 0.1) is 31.0 Å². The van der Waals surface area contributed by atoms with E-state index in [-0.39, 0.29) is 15.8 Å². The number of nitrogens with two attached hydrogens (primary N) is 1. The van der Waals surface area contributed by atoms with Crippen molar-refractivity contribution in [3.8, 4) is 0 Å². The minimum Gasteiger partial charge on any atom is -0.392 e. The van der Waals surface area contributed by atoms with E-state index in [2.05, 4.69) is 15.9 Å². The second-order valence-corrected chi connectivity index (χ2v) is 3.23. The topological polar surface area (TPSA) is 160 Å². The lowest BCUT2D eigenvalue weighted by molar-refractivity contribution is -0.393. The molecule has 1 rings (SSSR count). The van der Waals surface area contributed by atoms with Crippen LogP contribution in [0.1, 0.15) is 0 Å². The first-order valence-corrected chi connectivity index (χ1v) is 4.30. The molecule has 0 unspecified atom stereocenters. The quantitative estimate of drug-likeness (QED) is 0.376. The Kier molecular flexibility index (Phi) is 4.77. The minimum absolute atomic E-state index is 0.124. The summed E-state index contributed by atoms with van der Waals surface area (Å²) in [5.74, 6) is 0. The molecule has 1 aromatic rings. The summed E-state index contributed by atoms with van der Waals surface area (Å²) in [6.07, 6.45) is 0. The number of nitrogens with zero attached hydrogens (tertiary/aromatic N) is 4. The fraction of sp³-hybridized carbons (Fsp3) is 0. The van der Waals surface area contributed by atoms with Gasteiger partial charge < -0.3 is 5.73 Å². The highest BCUT2D eigenvalue weighted by atomic mass is 79.9. The Morgan fingerprint density at radius 3 is 2.06 bits per heavy atom. The van der Waals surface area contributed by atoms with Crippen molar-refractivity contribution in [2.75, 3.05) is 5.73 Å². The molecule has 10 heteroatoms. The van der Waals surface area contributed by atoms with Crippen molar-refractivity contribution >= 4 is 33.0 Å². The van der Waals surface area contributed by atoms with Crippen LogP contribution < -0.4 is 5.73 Å². The summed E-state index contributed by atoms with van der Waals surface area (Å²) < 4.78 is 0.137. The number of benzene rings is 1. The third-order valence-corrected chi connectivity index (χ3v) is 2.16. The third-order valence-electron chi connectivity index (χ3n) is 1.50. The number of nitro groups is 2. The molecule has 0 aliphatic rings. The van der Waals surface area contributed by atoms with Crippen molar-refractivity contribution in [1.82, 2.24) is 0 Å². The summed E-state index contributed by atoms with van der Waals surface area (Å²) in [7, 11) is 0. The molecule has 84 valence electrons. The second kappa shape index (κ2) is 5.56. The van der Waals surface area contributed by atoms with Crippen molar-refractivity contribution in [3.05, 3.63) is 36.8 Å². The number of rotatable bonds is 2. The van der Waals surface area contributed by atoms with E-state index in [4.69, 9.17) is 16.5 Å². The molecule has 9 nitrogen and oxygen atoms in total. The average Bonchev–Trinajstić information content (AvgIpc) is 2.24. The molecule has 0 aliphatic heterocycles. The molecule has 0 atom stereocenters. The van der Waals surface area contributed by atoms with Gasteiger partial charge in [0.15, 0.2) is 0 Å². The fourth-order valence-electron chi connectivity index (χ4n) is 0.846. The number of nitrogen functional groups attached to an aromatic ring is 1. The predicted octanol–water partition coefficient (Wildman–Crippen LogP) is 1.88. The predicted molar refractivity (Wildman–Crippen MR) is 55.3 cm³/mol. The molecule has 2 N–H and O–H groups in total. The van der Waals surface area contributed by atoms with E-state index in [1.54, 1.807) is 0 Å². The molecule has 0 bridgehead atoms. The molecule has 0 aliphatic carbocycles. The van der Waals surface area contributed by atoms with Crippen LogP contribution in [-0.2, 0) is 0 Å². The Morgan fingerprint density at radius 1 is 1.19 bits per heavy atom. The summed E-state index contributed by atoms with van der Waals surface area (Å²) in [5.41, 5.74) is 4.36. The van der Waals surface area contributed by atoms with Crippen LogP contribution in [-0.4, -0.2) is 9.85 Å². The van der Waals surface area contributed by atoms with Gasteiger partial charge in [0, 0.05) is 16.9 Å². The normalized spacial score (nSPS) is 8.69. The van der Waals surface area contributed by atoms with Crippen LogP contribution in [0.3, 0.4) is 0 Å². The van der Waals surface area contributed by atoms with Crippen LogP contribution >= 0.6 is 15.9 Å². The first kappa shape index (κ1) is 13.7. The SMILES string of the molecule is N#N.Nc1c(Br)cc([N+](=O)[O-])cc1[N+](=O)[O-]. The summed E-state index contributed by atoms with van der Waals surface area (Å²) >= 11 is 2.90. The highest BCUT2D eigenvalue weighted by molar-refractivity contribution is 9.10. The highest BCUT2D eigenvalue weighted by Crippen LogP contribution is 2.33. The maximum atomic E-state index is 10.4. The molecule has 0 heterocycles. The first-order valence-electron chi connectivity index (χ1n) is 3.51. The summed E-state index contributed by atoms with van der Waals surface area (Å²) in [5, 5.41) is 32.8. The van der Waals surface area contributed by atoms with Crippen LogP contribution in [0.25, 0.3) is 0 Å². The van der Waals surface area contributed by atoms with Crippen molar-refractivity contribution in [1.29, 1.82) is 10.8 Å². The lowest BCUT2D eigenvalue weighted by atomic mass is 10.2. The fourth-order valence-corrected chi connectivity index (χ4v) is 1.28. The molecule has 0 saturated carbocycles. The number of non-ortho nitro benzene ring substituents is 1. The Bertz CT molecular complexity index is 460. The van der Waals surface area contributed by atoms with Gasteiger partial charge in [-0.15, -0.1) is 0 Å². The van der Waals surface area contributed by atoms with Crippen molar-refractivity contribution in [3.63, 3.8) is 0 Å². The van der Waals surface area contributed by atoms with Gasteiger partial charge >= 0.3 is 0 Å². The van der Waals surface area contributed by atoms with Crippen molar-refractivity contribution in [2.45, 2.75) is 0 Å². The number of hydrogen-bond donors (Lipinski definition) is 1. The lowest BCUT2D eigenvalue weighted by Crippen LogP contribution is -1.98. The Labute approximate surface area is 96.7 Å². The summed E-state index contributed by atoms with van der Waals surface area (Å²) in [6, 6.07) is 1.93. The Balaban J connectivity index is 0.00000106. The van der Waals surface area contributed by atoms with Gasteiger partial charge in [0.05, 0.1) is 20.4 Å². The van der Waals surface area contributed by atoms with Crippen LogP contribution in [0.15, 0.2) is 16.6 Å². The molecular formula is C6H4BrN5O4. The van der Waals surface area contributed by atoms with Crippen LogP contribution in [0.2, 0.25) is 0 Å². The summed E-state index contributed by atoms with van der Waals surface area (Å²) in [4.78, 5) is 19.3. The molecule has 1 aromatic carbocycles. The smallest absolute Gasteiger partial charge is 0.300 e. The lowest BCUT2D eigenvalue weighted by Gasteiger charge is -1.99. The van der Waals surface area contributed by atoms with Gasteiger partial charge in [-0.25, -0.2) is 0 Å².